The summed E-state index contributed by atoms with van der Waals surface area (Å²) in [5, 5.41) is 1.20. The number of anilines is 1. The van der Waals surface area contributed by atoms with Crippen molar-refractivity contribution in [1.29, 1.82) is 0 Å². The summed E-state index contributed by atoms with van der Waals surface area (Å²) in [5.41, 5.74) is 10.6. The molecule has 0 aliphatic carbocycles. The number of fused-ring (bicyclic) bond motifs is 1. The number of aryl methyl sites for hydroxylation is 1. The summed E-state index contributed by atoms with van der Waals surface area (Å²) in [6.45, 7) is 7.14. The van der Waals surface area contributed by atoms with Crippen molar-refractivity contribution in [2.75, 3.05) is 25.5 Å². The van der Waals surface area contributed by atoms with Crippen molar-refractivity contribution in [2.24, 2.45) is 11.1 Å². The summed E-state index contributed by atoms with van der Waals surface area (Å²) in [6, 6.07) is 8.71. The van der Waals surface area contributed by atoms with Gasteiger partial charge in [-0.2, -0.15) is 0 Å². The number of hydrogen-bond donors (Lipinski definition) is 1. The van der Waals surface area contributed by atoms with Crippen molar-refractivity contribution in [1.82, 2.24) is 4.98 Å². The van der Waals surface area contributed by atoms with Crippen LogP contribution in [0.3, 0.4) is 0 Å². The molecule has 2 N–H and O–H groups in total. The van der Waals surface area contributed by atoms with Crippen LogP contribution < -0.4 is 10.6 Å². The maximum absolute atomic E-state index is 5.83. The Kier molecular flexibility index (Phi) is 4.00. The monoisotopic (exact) mass is 271 g/mol. The fourth-order valence-corrected chi connectivity index (χ4v) is 2.49. The first-order valence-electron chi connectivity index (χ1n) is 7.10. The SMILES string of the molecule is Cc1cc(N(C)C)c2ccc(CC(C)(C)CN)cc2n1. The predicted molar refractivity (Wildman–Crippen MR) is 87.3 cm³/mol. The lowest BCUT2D eigenvalue weighted by molar-refractivity contribution is 0.377. The van der Waals surface area contributed by atoms with Crippen molar-refractivity contribution in [3.8, 4) is 0 Å². The second-order valence-electron chi connectivity index (χ2n) is 6.57. The molecule has 0 spiro atoms. The normalized spacial score (nSPS) is 11.9. The lowest BCUT2D eigenvalue weighted by Crippen LogP contribution is -2.25. The predicted octanol–water partition coefficient (Wildman–Crippen LogP) is 3.14. The van der Waals surface area contributed by atoms with Crippen molar-refractivity contribution in [3.05, 3.63) is 35.5 Å². The molecule has 0 saturated carbocycles. The van der Waals surface area contributed by atoms with E-state index in [0.717, 1.165) is 17.6 Å². The number of pyridine rings is 1. The van der Waals surface area contributed by atoms with Crippen LogP contribution in [0.4, 0.5) is 5.69 Å². The van der Waals surface area contributed by atoms with Crippen LogP contribution in [0.5, 0.6) is 0 Å². The van der Waals surface area contributed by atoms with Gasteiger partial charge >= 0.3 is 0 Å². The molecule has 3 nitrogen and oxygen atoms in total. The van der Waals surface area contributed by atoms with Crippen LogP contribution in [-0.4, -0.2) is 25.6 Å². The van der Waals surface area contributed by atoms with Gasteiger partial charge in [0.15, 0.2) is 0 Å². The van der Waals surface area contributed by atoms with E-state index in [-0.39, 0.29) is 5.41 Å². The summed E-state index contributed by atoms with van der Waals surface area (Å²) >= 11 is 0. The molecule has 3 heteroatoms. The van der Waals surface area contributed by atoms with Gasteiger partial charge in [0.2, 0.25) is 0 Å². The van der Waals surface area contributed by atoms with Crippen LogP contribution in [0.25, 0.3) is 10.9 Å². The van der Waals surface area contributed by atoms with E-state index in [1.54, 1.807) is 0 Å². The number of hydrogen-bond acceptors (Lipinski definition) is 3. The van der Waals surface area contributed by atoms with Crippen molar-refractivity contribution in [3.63, 3.8) is 0 Å². The fraction of sp³-hybridized carbons (Fsp3) is 0.471. The Morgan fingerprint density at radius 3 is 2.50 bits per heavy atom. The zero-order chi connectivity index (χ0) is 14.9. The molecular formula is C17H25N3. The van der Waals surface area contributed by atoms with Crippen LogP contribution in [0.2, 0.25) is 0 Å². The topological polar surface area (TPSA) is 42.1 Å². The molecular weight excluding hydrogens is 246 g/mol. The van der Waals surface area contributed by atoms with Gasteiger partial charge in [0.25, 0.3) is 0 Å². The van der Waals surface area contributed by atoms with Gasteiger partial charge in [0, 0.05) is 30.9 Å². The molecule has 20 heavy (non-hydrogen) atoms. The maximum atomic E-state index is 5.83. The zero-order valence-electron chi connectivity index (χ0n) is 13.2. The van der Waals surface area contributed by atoms with Gasteiger partial charge in [-0.25, -0.2) is 0 Å². The van der Waals surface area contributed by atoms with Crippen LogP contribution in [0.1, 0.15) is 25.1 Å². The van der Waals surface area contributed by atoms with Gasteiger partial charge < -0.3 is 10.6 Å². The highest BCUT2D eigenvalue weighted by Gasteiger charge is 2.17. The molecule has 2 rings (SSSR count). The van der Waals surface area contributed by atoms with Crippen molar-refractivity contribution >= 4 is 16.6 Å². The van der Waals surface area contributed by atoms with E-state index < -0.39 is 0 Å². The Hall–Kier alpha value is -1.61. The molecule has 0 amide bonds. The summed E-state index contributed by atoms with van der Waals surface area (Å²) in [6.07, 6.45) is 0.979. The summed E-state index contributed by atoms with van der Waals surface area (Å²) in [5.74, 6) is 0. The highest BCUT2D eigenvalue weighted by atomic mass is 15.1. The average molecular weight is 271 g/mol. The average Bonchev–Trinajstić information content (AvgIpc) is 2.36. The number of rotatable bonds is 4. The molecule has 2 aromatic rings. The Labute approximate surface area is 121 Å². The molecule has 0 saturated heterocycles. The van der Waals surface area contributed by atoms with Crippen LogP contribution in [-0.2, 0) is 6.42 Å². The molecule has 1 heterocycles. The molecule has 108 valence electrons. The third-order valence-electron chi connectivity index (χ3n) is 3.70. The van der Waals surface area contributed by atoms with E-state index in [9.17, 15) is 0 Å². The quantitative estimate of drug-likeness (QED) is 0.929. The Bertz CT molecular complexity index is 615. The minimum atomic E-state index is 0.127. The smallest absolute Gasteiger partial charge is 0.0728 e. The first kappa shape index (κ1) is 14.8. The van der Waals surface area contributed by atoms with Gasteiger partial charge in [0.1, 0.15) is 0 Å². The van der Waals surface area contributed by atoms with Crippen molar-refractivity contribution < 1.29 is 0 Å². The van der Waals surface area contributed by atoms with E-state index in [1.165, 1.54) is 16.6 Å². The largest absolute Gasteiger partial charge is 0.377 e. The van der Waals surface area contributed by atoms with Crippen molar-refractivity contribution in [2.45, 2.75) is 27.2 Å². The second-order valence-corrected chi connectivity index (χ2v) is 6.57. The molecule has 0 bridgehead atoms. The molecule has 0 unspecified atom stereocenters. The standard InChI is InChI=1S/C17H25N3/c1-12-8-16(20(4)5)14-7-6-13(9-15(14)19-12)10-17(2,3)11-18/h6-9H,10-11,18H2,1-5H3. The fourth-order valence-electron chi connectivity index (χ4n) is 2.49. The molecule has 1 aromatic heterocycles. The van der Waals surface area contributed by atoms with E-state index in [1.807, 2.05) is 6.92 Å². The number of nitrogens with two attached hydrogens (primary N) is 1. The van der Waals surface area contributed by atoms with Gasteiger partial charge in [-0.15, -0.1) is 0 Å². The van der Waals surface area contributed by atoms with Crippen LogP contribution in [0, 0.1) is 12.3 Å². The lowest BCUT2D eigenvalue weighted by Gasteiger charge is -2.23. The van der Waals surface area contributed by atoms with Crippen LogP contribution >= 0.6 is 0 Å². The van der Waals surface area contributed by atoms with E-state index in [2.05, 4.69) is 62.1 Å². The first-order chi connectivity index (χ1) is 9.32. The Morgan fingerprint density at radius 2 is 1.90 bits per heavy atom. The molecule has 0 fully saturated rings. The van der Waals surface area contributed by atoms with Crippen LogP contribution in [0.15, 0.2) is 24.3 Å². The molecule has 0 aliphatic rings. The van der Waals surface area contributed by atoms with Gasteiger partial charge in [-0.05, 0) is 43.0 Å². The number of nitrogens with zero attached hydrogens (tertiary/aromatic N) is 2. The second kappa shape index (κ2) is 5.41. The summed E-state index contributed by atoms with van der Waals surface area (Å²) < 4.78 is 0. The van der Waals surface area contributed by atoms with Gasteiger partial charge in [-0.3, -0.25) is 4.98 Å². The highest BCUT2D eigenvalue weighted by Crippen LogP contribution is 2.28. The number of aromatic nitrogens is 1. The van der Waals surface area contributed by atoms with E-state index >= 15 is 0 Å². The van der Waals surface area contributed by atoms with E-state index in [4.69, 9.17) is 5.73 Å². The Balaban J connectivity index is 2.49. The zero-order valence-corrected chi connectivity index (χ0v) is 13.2. The highest BCUT2D eigenvalue weighted by molar-refractivity contribution is 5.92. The Morgan fingerprint density at radius 1 is 1.20 bits per heavy atom. The molecule has 1 aromatic carbocycles. The van der Waals surface area contributed by atoms with Gasteiger partial charge in [0.05, 0.1) is 5.52 Å². The third kappa shape index (κ3) is 3.10. The summed E-state index contributed by atoms with van der Waals surface area (Å²) in [7, 11) is 4.14. The minimum Gasteiger partial charge on any atom is -0.377 e. The minimum absolute atomic E-state index is 0.127. The molecule has 0 aliphatic heterocycles. The van der Waals surface area contributed by atoms with E-state index in [0.29, 0.717) is 6.54 Å². The first-order valence-corrected chi connectivity index (χ1v) is 7.10. The molecule has 0 atom stereocenters. The summed E-state index contributed by atoms with van der Waals surface area (Å²) in [4.78, 5) is 6.82. The van der Waals surface area contributed by atoms with Gasteiger partial charge in [-0.1, -0.05) is 26.0 Å². The lowest BCUT2D eigenvalue weighted by atomic mass is 9.85. The number of benzene rings is 1. The third-order valence-corrected chi connectivity index (χ3v) is 3.70. The molecule has 0 radical (unpaired) electrons. The maximum Gasteiger partial charge on any atom is 0.0728 e.